The van der Waals surface area contributed by atoms with E-state index in [2.05, 4.69) is 15.9 Å². The van der Waals surface area contributed by atoms with Gasteiger partial charge in [-0.1, -0.05) is 28.1 Å². The summed E-state index contributed by atoms with van der Waals surface area (Å²) in [6, 6.07) is 12.2. The van der Waals surface area contributed by atoms with Gasteiger partial charge < -0.3 is 4.90 Å². The second kappa shape index (κ2) is 7.61. The third kappa shape index (κ3) is 4.33. The van der Waals surface area contributed by atoms with Crippen molar-refractivity contribution in [3.05, 3.63) is 68.2 Å². The van der Waals surface area contributed by atoms with Crippen molar-refractivity contribution >= 4 is 39.3 Å². The molecule has 2 aromatic rings. The highest BCUT2D eigenvalue weighted by Gasteiger charge is 2.19. The zero-order valence-corrected chi connectivity index (χ0v) is 15.1. The standard InChI is InChI=1S/C16H15BrN2O3S/c1-18(10-11-3-6-13(17)7-4-11)16(20)12-5-8-15(23-2)14(9-12)19(21)22/h3-9H,10H2,1-2H3. The first-order valence-electron chi connectivity index (χ1n) is 6.74. The Balaban J connectivity index is 2.20. The Labute approximate surface area is 147 Å². The second-order valence-electron chi connectivity index (χ2n) is 4.93. The fourth-order valence-corrected chi connectivity index (χ4v) is 2.93. The molecule has 0 fully saturated rings. The van der Waals surface area contributed by atoms with Crippen LogP contribution in [-0.2, 0) is 6.54 Å². The molecule has 0 aliphatic carbocycles. The summed E-state index contributed by atoms with van der Waals surface area (Å²) in [5.74, 6) is -0.247. The second-order valence-corrected chi connectivity index (χ2v) is 6.70. The fraction of sp³-hybridized carbons (Fsp3) is 0.188. The minimum atomic E-state index is -0.461. The number of nitrogens with zero attached hydrogens (tertiary/aromatic N) is 2. The van der Waals surface area contributed by atoms with Crippen molar-refractivity contribution in [2.24, 2.45) is 0 Å². The number of carbonyl (C=O) groups excluding carboxylic acids is 1. The van der Waals surface area contributed by atoms with E-state index in [9.17, 15) is 14.9 Å². The van der Waals surface area contributed by atoms with E-state index < -0.39 is 4.92 Å². The lowest BCUT2D eigenvalue weighted by molar-refractivity contribution is -0.387. The summed E-state index contributed by atoms with van der Waals surface area (Å²) >= 11 is 4.65. The lowest BCUT2D eigenvalue weighted by Crippen LogP contribution is -2.26. The highest BCUT2D eigenvalue weighted by Crippen LogP contribution is 2.28. The lowest BCUT2D eigenvalue weighted by atomic mass is 10.1. The number of carbonyl (C=O) groups is 1. The number of rotatable bonds is 5. The van der Waals surface area contributed by atoms with Crippen molar-refractivity contribution in [2.75, 3.05) is 13.3 Å². The average Bonchev–Trinajstić information content (AvgIpc) is 2.55. The SMILES string of the molecule is CSc1ccc(C(=O)N(C)Cc2ccc(Br)cc2)cc1[N+](=O)[O-]. The van der Waals surface area contributed by atoms with E-state index in [-0.39, 0.29) is 11.6 Å². The topological polar surface area (TPSA) is 63.5 Å². The van der Waals surface area contributed by atoms with Crippen LogP contribution in [0, 0.1) is 10.1 Å². The van der Waals surface area contributed by atoms with Crippen LogP contribution in [0.15, 0.2) is 51.8 Å². The zero-order valence-electron chi connectivity index (χ0n) is 12.7. The molecule has 0 aliphatic heterocycles. The highest BCUT2D eigenvalue weighted by atomic mass is 79.9. The largest absolute Gasteiger partial charge is 0.337 e. The number of amides is 1. The molecule has 7 heteroatoms. The van der Waals surface area contributed by atoms with Gasteiger partial charge in [-0.2, -0.15) is 0 Å². The molecular formula is C16H15BrN2O3S. The molecule has 0 bridgehead atoms. The van der Waals surface area contributed by atoms with E-state index in [4.69, 9.17) is 0 Å². The molecule has 0 N–H and O–H groups in total. The third-order valence-corrected chi connectivity index (χ3v) is 4.62. The molecule has 2 rings (SSSR count). The lowest BCUT2D eigenvalue weighted by Gasteiger charge is -2.17. The molecule has 1 amide bonds. The van der Waals surface area contributed by atoms with Crippen LogP contribution in [0.5, 0.6) is 0 Å². The van der Waals surface area contributed by atoms with Gasteiger partial charge in [0.05, 0.1) is 9.82 Å². The summed E-state index contributed by atoms with van der Waals surface area (Å²) in [6.07, 6.45) is 1.77. The van der Waals surface area contributed by atoms with E-state index in [1.165, 1.54) is 17.8 Å². The van der Waals surface area contributed by atoms with Crippen LogP contribution in [0.25, 0.3) is 0 Å². The van der Waals surface area contributed by atoms with E-state index in [0.717, 1.165) is 10.0 Å². The Hall–Kier alpha value is -1.86. The number of halogens is 1. The Morgan fingerprint density at radius 2 is 1.91 bits per heavy atom. The van der Waals surface area contributed by atoms with Gasteiger partial charge in [0.1, 0.15) is 0 Å². The maximum Gasteiger partial charge on any atom is 0.283 e. The molecule has 23 heavy (non-hydrogen) atoms. The van der Waals surface area contributed by atoms with Crippen molar-refractivity contribution < 1.29 is 9.72 Å². The number of nitro groups is 1. The van der Waals surface area contributed by atoms with Gasteiger partial charge >= 0.3 is 0 Å². The number of benzene rings is 2. The minimum Gasteiger partial charge on any atom is -0.337 e. The van der Waals surface area contributed by atoms with Crippen LogP contribution in [0.2, 0.25) is 0 Å². The highest BCUT2D eigenvalue weighted by molar-refractivity contribution is 9.10. The molecular weight excluding hydrogens is 380 g/mol. The third-order valence-electron chi connectivity index (χ3n) is 3.30. The summed E-state index contributed by atoms with van der Waals surface area (Å²) in [5, 5.41) is 11.1. The first-order valence-corrected chi connectivity index (χ1v) is 8.76. The minimum absolute atomic E-state index is 0.0413. The molecule has 2 aromatic carbocycles. The molecule has 0 aromatic heterocycles. The number of hydrogen-bond donors (Lipinski definition) is 0. The van der Waals surface area contributed by atoms with Gasteiger partial charge in [0.25, 0.3) is 11.6 Å². The van der Waals surface area contributed by atoms with Gasteiger partial charge in [0.2, 0.25) is 0 Å². The van der Waals surface area contributed by atoms with Gasteiger partial charge in [0.15, 0.2) is 0 Å². The first kappa shape index (κ1) is 17.5. The van der Waals surface area contributed by atoms with Crippen molar-refractivity contribution in [3.63, 3.8) is 0 Å². The molecule has 0 spiro atoms. The van der Waals surface area contributed by atoms with Crippen LogP contribution in [0.1, 0.15) is 15.9 Å². The molecule has 5 nitrogen and oxygen atoms in total. The van der Waals surface area contributed by atoms with Crippen LogP contribution in [-0.4, -0.2) is 29.0 Å². The number of thioether (sulfide) groups is 1. The van der Waals surface area contributed by atoms with Crippen molar-refractivity contribution in [3.8, 4) is 0 Å². The Kier molecular flexibility index (Phi) is 5.79. The maximum atomic E-state index is 12.5. The molecule has 0 saturated carbocycles. The number of nitro benzene ring substituents is 1. The zero-order chi connectivity index (χ0) is 17.0. The summed E-state index contributed by atoms with van der Waals surface area (Å²) in [5.41, 5.74) is 1.26. The van der Waals surface area contributed by atoms with Crippen LogP contribution in [0.3, 0.4) is 0 Å². The summed E-state index contributed by atoms with van der Waals surface area (Å²) in [6.45, 7) is 0.435. The van der Waals surface area contributed by atoms with E-state index >= 15 is 0 Å². The van der Waals surface area contributed by atoms with E-state index in [1.54, 1.807) is 30.3 Å². The quantitative estimate of drug-likeness (QED) is 0.429. The predicted molar refractivity (Wildman–Crippen MR) is 94.8 cm³/mol. The molecule has 0 saturated heterocycles. The van der Waals surface area contributed by atoms with Gasteiger partial charge in [-0.25, -0.2) is 0 Å². The normalized spacial score (nSPS) is 10.4. The van der Waals surface area contributed by atoms with Crippen LogP contribution in [0.4, 0.5) is 5.69 Å². The molecule has 0 heterocycles. The molecule has 0 aliphatic rings. The Morgan fingerprint density at radius 3 is 2.48 bits per heavy atom. The van der Waals surface area contributed by atoms with E-state index in [1.807, 2.05) is 24.3 Å². The summed E-state index contributed by atoms with van der Waals surface area (Å²) in [4.78, 5) is 25.2. The van der Waals surface area contributed by atoms with E-state index in [0.29, 0.717) is 17.0 Å². The Morgan fingerprint density at radius 1 is 1.26 bits per heavy atom. The fourth-order valence-electron chi connectivity index (χ4n) is 2.12. The van der Waals surface area contributed by atoms with Gasteiger partial charge in [-0.05, 0) is 36.1 Å². The Bertz CT molecular complexity index is 735. The van der Waals surface area contributed by atoms with Crippen LogP contribution < -0.4 is 0 Å². The summed E-state index contributed by atoms with van der Waals surface area (Å²) < 4.78 is 0.971. The van der Waals surface area contributed by atoms with Crippen molar-refractivity contribution in [1.82, 2.24) is 4.90 Å². The van der Waals surface area contributed by atoms with Crippen molar-refractivity contribution in [1.29, 1.82) is 0 Å². The van der Waals surface area contributed by atoms with Crippen LogP contribution >= 0.6 is 27.7 Å². The molecule has 0 radical (unpaired) electrons. The molecule has 120 valence electrons. The monoisotopic (exact) mass is 394 g/mol. The first-order chi connectivity index (χ1) is 10.9. The van der Waals surface area contributed by atoms with Gasteiger partial charge in [0, 0.05) is 29.7 Å². The number of hydrogen-bond acceptors (Lipinski definition) is 4. The summed E-state index contributed by atoms with van der Waals surface area (Å²) in [7, 11) is 1.68. The predicted octanol–water partition coefficient (Wildman–Crippen LogP) is 4.35. The van der Waals surface area contributed by atoms with Gasteiger partial charge in [-0.15, -0.1) is 11.8 Å². The average molecular weight is 395 g/mol. The van der Waals surface area contributed by atoms with Crippen molar-refractivity contribution in [2.45, 2.75) is 11.4 Å². The molecule has 0 unspecified atom stereocenters. The smallest absolute Gasteiger partial charge is 0.283 e. The maximum absolute atomic E-state index is 12.5. The molecule has 0 atom stereocenters. The van der Waals surface area contributed by atoms with Gasteiger partial charge in [-0.3, -0.25) is 14.9 Å².